The molecule has 174 valence electrons. The quantitative estimate of drug-likeness (QED) is 0.591. The predicted molar refractivity (Wildman–Crippen MR) is 123 cm³/mol. The fourth-order valence-electron chi connectivity index (χ4n) is 4.24. The summed E-state index contributed by atoms with van der Waals surface area (Å²) >= 11 is 0. The van der Waals surface area contributed by atoms with Gasteiger partial charge in [0.1, 0.15) is 18.3 Å². The third-order valence-electron chi connectivity index (χ3n) is 6.05. The van der Waals surface area contributed by atoms with Crippen LogP contribution in [0, 0.1) is 13.8 Å². The zero-order chi connectivity index (χ0) is 23.4. The number of tetrazole rings is 1. The van der Waals surface area contributed by atoms with E-state index in [0.717, 1.165) is 37.0 Å². The molecule has 1 saturated carbocycles. The van der Waals surface area contributed by atoms with Gasteiger partial charge >= 0.3 is 0 Å². The summed E-state index contributed by atoms with van der Waals surface area (Å²) < 4.78 is 5.54. The van der Waals surface area contributed by atoms with Gasteiger partial charge in [-0.05, 0) is 62.6 Å². The van der Waals surface area contributed by atoms with Crippen LogP contribution in [0.3, 0.4) is 0 Å². The van der Waals surface area contributed by atoms with Crippen molar-refractivity contribution in [2.45, 2.75) is 71.5 Å². The van der Waals surface area contributed by atoms with Gasteiger partial charge in [-0.25, -0.2) is 0 Å². The smallest absolute Gasteiger partial charge is 0.251 e. The highest BCUT2D eigenvalue weighted by atomic mass is 16.3. The van der Waals surface area contributed by atoms with E-state index in [4.69, 9.17) is 4.42 Å². The minimum Gasteiger partial charge on any atom is -0.458 e. The van der Waals surface area contributed by atoms with Crippen molar-refractivity contribution in [3.05, 3.63) is 47.7 Å². The van der Waals surface area contributed by atoms with Gasteiger partial charge in [-0.15, -0.1) is 10.2 Å². The highest BCUT2D eigenvalue weighted by Gasteiger charge is 2.30. The average Bonchev–Trinajstić information content (AvgIpc) is 3.44. The SMILES string of the molecule is Cc1ccc(-c2nnn(CC(=O)N(c3ccccc3C)C(C)C(=O)NC3CCCCC3)n2)o1. The number of anilines is 1. The summed E-state index contributed by atoms with van der Waals surface area (Å²) in [4.78, 5) is 29.3. The summed E-state index contributed by atoms with van der Waals surface area (Å²) in [5.41, 5.74) is 1.59. The molecule has 0 spiro atoms. The van der Waals surface area contributed by atoms with E-state index >= 15 is 0 Å². The van der Waals surface area contributed by atoms with Gasteiger partial charge < -0.3 is 9.73 Å². The first-order valence-corrected chi connectivity index (χ1v) is 11.4. The van der Waals surface area contributed by atoms with Crippen LogP contribution in [0.4, 0.5) is 5.69 Å². The largest absolute Gasteiger partial charge is 0.458 e. The number of rotatable bonds is 7. The van der Waals surface area contributed by atoms with Gasteiger partial charge in [-0.2, -0.15) is 4.80 Å². The van der Waals surface area contributed by atoms with Crippen LogP contribution in [0.2, 0.25) is 0 Å². The van der Waals surface area contributed by atoms with Crippen LogP contribution in [-0.2, 0) is 16.1 Å². The van der Waals surface area contributed by atoms with Crippen LogP contribution in [0.15, 0.2) is 40.8 Å². The summed E-state index contributed by atoms with van der Waals surface area (Å²) in [6, 6.07) is 10.6. The molecule has 2 aromatic heterocycles. The number of hydrogen-bond donors (Lipinski definition) is 1. The van der Waals surface area contributed by atoms with Crippen molar-refractivity contribution >= 4 is 17.5 Å². The summed E-state index contributed by atoms with van der Waals surface area (Å²) in [7, 11) is 0. The Hall–Kier alpha value is -3.49. The molecule has 33 heavy (non-hydrogen) atoms. The van der Waals surface area contributed by atoms with Gasteiger partial charge in [0, 0.05) is 11.7 Å². The van der Waals surface area contributed by atoms with E-state index in [1.165, 1.54) is 16.1 Å². The normalized spacial score (nSPS) is 15.2. The lowest BCUT2D eigenvalue weighted by Gasteiger charge is -2.31. The minimum atomic E-state index is -0.684. The fourth-order valence-corrected chi connectivity index (χ4v) is 4.24. The lowest BCUT2D eigenvalue weighted by atomic mass is 9.95. The van der Waals surface area contributed by atoms with Crippen molar-refractivity contribution < 1.29 is 14.0 Å². The van der Waals surface area contributed by atoms with Crippen LogP contribution in [-0.4, -0.2) is 44.1 Å². The Morgan fingerprint density at radius 3 is 2.61 bits per heavy atom. The van der Waals surface area contributed by atoms with Gasteiger partial charge in [0.15, 0.2) is 5.76 Å². The molecule has 1 aliphatic carbocycles. The van der Waals surface area contributed by atoms with Gasteiger partial charge in [-0.3, -0.25) is 14.5 Å². The van der Waals surface area contributed by atoms with Crippen molar-refractivity contribution in [2.24, 2.45) is 0 Å². The third kappa shape index (κ3) is 5.30. The van der Waals surface area contributed by atoms with Crippen molar-refractivity contribution in [1.82, 2.24) is 25.5 Å². The molecule has 3 aromatic rings. The molecule has 1 fully saturated rings. The molecule has 0 saturated heterocycles. The van der Waals surface area contributed by atoms with E-state index in [1.807, 2.05) is 44.2 Å². The molecule has 1 aliphatic rings. The number of nitrogens with zero attached hydrogens (tertiary/aromatic N) is 5. The van der Waals surface area contributed by atoms with Crippen LogP contribution in [0.5, 0.6) is 0 Å². The Morgan fingerprint density at radius 2 is 1.91 bits per heavy atom. The van der Waals surface area contributed by atoms with Crippen molar-refractivity contribution in [2.75, 3.05) is 4.90 Å². The number of amides is 2. The zero-order valence-electron chi connectivity index (χ0n) is 19.3. The second kappa shape index (κ2) is 9.97. The lowest BCUT2D eigenvalue weighted by Crippen LogP contribution is -2.52. The molecular formula is C24H30N6O3. The molecule has 9 heteroatoms. The number of carbonyl (C=O) groups is 2. The van der Waals surface area contributed by atoms with E-state index in [9.17, 15) is 9.59 Å². The number of furan rings is 1. The average molecular weight is 451 g/mol. The van der Waals surface area contributed by atoms with E-state index in [2.05, 4.69) is 20.7 Å². The van der Waals surface area contributed by atoms with E-state index in [-0.39, 0.29) is 24.4 Å². The second-order valence-corrected chi connectivity index (χ2v) is 8.62. The zero-order valence-corrected chi connectivity index (χ0v) is 19.3. The Labute approximate surface area is 193 Å². The van der Waals surface area contributed by atoms with Gasteiger partial charge in [0.05, 0.1) is 0 Å². The van der Waals surface area contributed by atoms with E-state index in [0.29, 0.717) is 17.3 Å². The molecule has 1 unspecified atom stereocenters. The summed E-state index contributed by atoms with van der Waals surface area (Å²) in [5, 5.41) is 15.4. The number of carbonyl (C=O) groups excluding carboxylic acids is 2. The summed E-state index contributed by atoms with van der Waals surface area (Å²) in [6.07, 6.45) is 5.41. The molecule has 0 aliphatic heterocycles. The van der Waals surface area contributed by atoms with Gasteiger partial charge in [-0.1, -0.05) is 37.5 Å². The molecule has 0 radical (unpaired) electrons. The van der Waals surface area contributed by atoms with Crippen molar-refractivity contribution in [3.63, 3.8) is 0 Å². The molecule has 0 bridgehead atoms. The number of hydrogen-bond acceptors (Lipinski definition) is 6. The monoisotopic (exact) mass is 450 g/mol. The highest BCUT2D eigenvalue weighted by Crippen LogP contribution is 2.24. The lowest BCUT2D eigenvalue weighted by molar-refractivity contribution is -0.127. The molecule has 1 aromatic carbocycles. The highest BCUT2D eigenvalue weighted by molar-refractivity contribution is 6.01. The molecule has 2 heterocycles. The second-order valence-electron chi connectivity index (χ2n) is 8.62. The van der Waals surface area contributed by atoms with Crippen LogP contribution in [0.1, 0.15) is 50.4 Å². The molecule has 2 amide bonds. The fraction of sp³-hybridized carbons (Fsp3) is 0.458. The number of para-hydroxylation sites is 1. The number of aromatic nitrogens is 4. The molecular weight excluding hydrogens is 420 g/mol. The Kier molecular flexibility index (Phi) is 6.86. The molecule has 1 N–H and O–H groups in total. The summed E-state index contributed by atoms with van der Waals surface area (Å²) in [5.74, 6) is 1.08. The van der Waals surface area contributed by atoms with Gasteiger partial charge in [0.25, 0.3) is 5.91 Å². The molecule has 9 nitrogen and oxygen atoms in total. The maximum absolute atomic E-state index is 13.4. The topological polar surface area (TPSA) is 106 Å². The Morgan fingerprint density at radius 1 is 1.15 bits per heavy atom. The van der Waals surface area contributed by atoms with Gasteiger partial charge in [0.2, 0.25) is 11.7 Å². The van der Waals surface area contributed by atoms with Crippen molar-refractivity contribution in [1.29, 1.82) is 0 Å². The molecule has 4 rings (SSSR count). The maximum atomic E-state index is 13.4. The predicted octanol–water partition coefficient (Wildman–Crippen LogP) is 3.42. The van der Waals surface area contributed by atoms with Crippen LogP contribution >= 0.6 is 0 Å². The third-order valence-corrected chi connectivity index (χ3v) is 6.05. The minimum absolute atomic E-state index is 0.151. The van der Waals surface area contributed by atoms with Crippen LogP contribution < -0.4 is 10.2 Å². The Bertz CT molecular complexity index is 1110. The first-order chi connectivity index (χ1) is 15.9. The van der Waals surface area contributed by atoms with E-state index < -0.39 is 6.04 Å². The molecule has 1 atom stereocenters. The first kappa shape index (κ1) is 22.7. The van der Waals surface area contributed by atoms with E-state index in [1.54, 1.807) is 13.0 Å². The van der Waals surface area contributed by atoms with Crippen molar-refractivity contribution in [3.8, 4) is 11.6 Å². The number of aryl methyl sites for hydroxylation is 2. The van der Waals surface area contributed by atoms with Crippen LogP contribution in [0.25, 0.3) is 11.6 Å². The Balaban J connectivity index is 1.54. The summed E-state index contributed by atoms with van der Waals surface area (Å²) in [6.45, 7) is 5.36. The standard InChI is InChI=1S/C24H30N6O3/c1-16-9-7-8-12-20(16)30(18(3)24(32)25-19-10-5-4-6-11-19)22(31)15-29-27-23(26-28-29)21-14-13-17(2)33-21/h7-9,12-14,18-19H,4-6,10-11,15H2,1-3H3,(H,25,32). The first-order valence-electron chi connectivity index (χ1n) is 11.4. The number of benzene rings is 1. The maximum Gasteiger partial charge on any atom is 0.251 e. The number of nitrogens with one attached hydrogen (secondary N) is 1.